The smallest absolute Gasteiger partial charge is 0.185 e. The fraction of sp³-hybridized carbons (Fsp3) is 0.688. The van der Waals surface area contributed by atoms with Crippen LogP contribution in [0.15, 0.2) is 0 Å². The minimum atomic E-state index is 0.451. The Kier molecular flexibility index (Phi) is 4.51. The van der Waals surface area contributed by atoms with Gasteiger partial charge in [-0.05, 0) is 20.3 Å². The van der Waals surface area contributed by atoms with Crippen molar-refractivity contribution in [3.05, 3.63) is 22.2 Å². The Morgan fingerprint density at radius 3 is 2.92 bits per heavy atom. The van der Waals surface area contributed by atoms with E-state index in [1.165, 1.54) is 4.88 Å². The average molecular weight is 348 g/mol. The van der Waals surface area contributed by atoms with Crippen molar-refractivity contribution in [2.24, 2.45) is 0 Å². The molecule has 4 rings (SSSR count). The number of ether oxygens (including phenoxy) is 1. The zero-order valence-corrected chi connectivity index (χ0v) is 15.1. The predicted molar refractivity (Wildman–Crippen MR) is 93.6 cm³/mol. The summed E-state index contributed by atoms with van der Waals surface area (Å²) in [5.74, 6) is 1.99. The molecule has 0 radical (unpaired) electrons. The molecule has 4 heterocycles. The van der Waals surface area contributed by atoms with Crippen LogP contribution in [-0.4, -0.2) is 52.1 Å². The molecule has 0 unspecified atom stereocenters. The highest BCUT2D eigenvalue weighted by Crippen LogP contribution is 2.27. The fourth-order valence-electron chi connectivity index (χ4n) is 3.30. The molecular formula is C16H24N6OS. The SMILES string of the molecule is Cc1nc2n(n1)C[C@H](NCc1sc(N3CCOCC3)nc1C)CC2. The van der Waals surface area contributed by atoms with Gasteiger partial charge in [0.2, 0.25) is 0 Å². The maximum absolute atomic E-state index is 5.42. The summed E-state index contributed by atoms with van der Waals surface area (Å²) >= 11 is 1.81. The normalized spacial score (nSPS) is 21.1. The molecule has 0 aromatic carbocycles. The summed E-state index contributed by atoms with van der Waals surface area (Å²) in [5.41, 5.74) is 1.14. The van der Waals surface area contributed by atoms with Crippen molar-refractivity contribution < 1.29 is 4.74 Å². The van der Waals surface area contributed by atoms with Crippen molar-refractivity contribution >= 4 is 16.5 Å². The molecule has 1 fully saturated rings. The van der Waals surface area contributed by atoms with E-state index in [0.717, 1.165) is 74.7 Å². The van der Waals surface area contributed by atoms with Crippen LogP contribution in [0.5, 0.6) is 0 Å². The van der Waals surface area contributed by atoms with E-state index >= 15 is 0 Å². The van der Waals surface area contributed by atoms with Crippen LogP contribution in [0.3, 0.4) is 0 Å². The van der Waals surface area contributed by atoms with Gasteiger partial charge in [0.15, 0.2) is 5.13 Å². The molecule has 0 saturated carbocycles. The molecule has 24 heavy (non-hydrogen) atoms. The van der Waals surface area contributed by atoms with Gasteiger partial charge in [-0.15, -0.1) is 11.3 Å². The number of nitrogens with zero attached hydrogens (tertiary/aromatic N) is 5. The highest BCUT2D eigenvalue weighted by atomic mass is 32.1. The summed E-state index contributed by atoms with van der Waals surface area (Å²) in [4.78, 5) is 12.9. The first-order valence-corrected chi connectivity index (χ1v) is 9.43. The molecule has 0 spiro atoms. The van der Waals surface area contributed by atoms with Crippen LogP contribution >= 0.6 is 11.3 Å². The Bertz CT molecular complexity index is 705. The van der Waals surface area contributed by atoms with E-state index in [1.54, 1.807) is 11.3 Å². The second-order valence-corrected chi connectivity index (χ2v) is 7.54. The van der Waals surface area contributed by atoms with Crippen LogP contribution in [0.2, 0.25) is 0 Å². The largest absolute Gasteiger partial charge is 0.378 e. The number of fused-ring (bicyclic) bond motifs is 1. The van der Waals surface area contributed by atoms with E-state index in [4.69, 9.17) is 9.72 Å². The average Bonchev–Trinajstić information content (AvgIpc) is 3.15. The summed E-state index contributed by atoms with van der Waals surface area (Å²) in [5, 5.41) is 9.29. The van der Waals surface area contributed by atoms with Gasteiger partial charge in [0.05, 0.1) is 25.5 Å². The molecule has 1 saturated heterocycles. The predicted octanol–water partition coefficient (Wildman–Crippen LogP) is 1.29. The minimum Gasteiger partial charge on any atom is -0.378 e. The quantitative estimate of drug-likeness (QED) is 0.898. The first-order chi connectivity index (χ1) is 11.7. The van der Waals surface area contributed by atoms with Crippen molar-refractivity contribution in [3.8, 4) is 0 Å². The molecule has 1 N–H and O–H groups in total. The molecule has 2 aliphatic heterocycles. The van der Waals surface area contributed by atoms with Crippen molar-refractivity contribution in [1.29, 1.82) is 0 Å². The number of rotatable bonds is 4. The number of nitrogens with one attached hydrogen (secondary N) is 1. The lowest BCUT2D eigenvalue weighted by atomic mass is 10.1. The zero-order valence-electron chi connectivity index (χ0n) is 14.3. The number of anilines is 1. The Morgan fingerprint density at radius 1 is 1.25 bits per heavy atom. The fourth-order valence-corrected chi connectivity index (χ4v) is 4.37. The third-order valence-corrected chi connectivity index (χ3v) is 5.90. The van der Waals surface area contributed by atoms with Crippen molar-refractivity contribution in [1.82, 2.24) is 25.1 Å². The molecule has 130 valence electrons. The molecule has 2 aromatic heterocycles. The van der Waals surface area contributed by atoms with Crippen LogP contribution in [0, 0.1) is 13.8 Å². The second kappa shape index (κ2) is 6.78. The molecule has 2 aliphatic rings. The first-order valence-electron chi connectivity index (χ1n) is 8.62. The lowest BCUT2D eigenvalue weighted by molar-refractivity contribution is 0.122. The van der Waals surface area contributed by atoms with Gasteiger partial charge in [0, 0.05) is 37.0 Å². The third-order valence-electron chi connectivity index (χ3n) is 4.68. The van der Waals surface area contributed by atoms with Gasteiger partial charge >= 0.3 is 0 Å². The van der Waals surface area contributed by atoms with Gasteiger partial charge in [0.25, 0.3) is 0 Å². The van der Waals surface area contributed by atoms with Gasteiger partial charge in [-0.3, -0.25) is 0 Å². The van der Waals surface area contributed by atoms with E-state index in [-0.39, 0.29) is 0 Å². The van der Waals surface area contributed by atoms with Crippen LogP contribution in [-0.2, 0) is 24.2 Å². The number of aromatic nitrogens is 4. The molecule has 0 aliphatic carbocycles. The van der Waals surface area contributed by atoms with Gasteiger partial charge in [-0.25, -0.2) is 14.6 Å². The number of morpholine rings is 1. The Hall–Kier alpha value is -1.51. The lowest BCUT2D eigenvalue weighted by Crippen LogP contribution is -2.37. The Balaban J connectivity index is 1.37. The van der Waals surface area contributed by atoms with Gasteiger partial charge in [-0.1, -0.05) is 0 Å². The molecule has 0 amide bonds. The van der Waals surface area contributed by atoms with E-state index in [0.29, 0.717) is 6.04 Å². The van der Waals surface area contributed by atoms with Crippen LogP contribution in [0.4, 0.5) is 5.13 Å². The molecule has 1 atom stereocenters. The van der Waals surface area contributed by atoms with E-state index in [1.807, 2.05) is 6.92 Å². The van der Waals surface area contributed by atoms with Gasteiger partial charge in [0.1, 0.15) is 11.6 Å². The Labute approximate surface area is 146 Å². The number of hydrogen-bond acceptors (Lipinski definition) is 7. The van der Waals surface area contributed by atoms with Crippen LogP contribution in [0.1, 0.15) is 28.6 Å². The topological polar surface area (TPSA) is 68.1 Å². The zero-order chi connectivity index (χ0) is 16.5. The van der Waals surface area contributed by atoms with E-state index < -0.39 is 0 Å². The monoisotopic (exact) mass is 348 g/mol. The Morgan fingerprint density at radius 2 is 2.08 bits per heavy atom. The maximum atomic E-state index is 5.42. The summed E-state index contributed by atoms with van der Waals surface area (Å²) in [6.07, 6.45) is 2.12. The van der Waals surface area contributed by atoms with Crippen molar-refractivity contribution in [2.75, 3.05) is 31.2 Å². The minimum absolute atomic E-state index is 0.451. The van der Waals surface area contributed by atoms with Gasteiger partial charge in [-0.2, -0.15) is 5.10 Å². The highest BCUT2D eigenvalue weighted by Gasteiger charge is 2.22. The summed E-state index contributed by atoms with van der Waals surface area (Å²) in [6.45, 7) is 9.33. The van der Waals surface area contributed by atoms with Crippen LogP contribution in [0.25, 0.3) is 0 Å². The van der Waals surface area contributed by atoms with E-state index in [2.05, 4.69) is 31.9 Å². The van der Waals surface area contributed by atoms with Crippen LogP contribution < -0.4 is 10.2 Å². The molecule has 0 bridgehead atoms. The molecule has 2 aromatic rings. The maximum Gasteiger partial charge on any atom is 0.185 e. The number of hydrogen-bond donors (Lipinski definition) is 1. The number of thiazole rings is 1. The summed E-state index contributed by atoms with van der Waals surface area (Å²) in [6, 6.07) is 0.451. The van der Waals surface area contributed by atoms with Gasteiger partial charge < -0.3 is 15.0 Å². The van der Waals surface area contributed by atoms with E-state index in [9.17, 15) is 0 Å². The molecule has 7 nitrogen and oxygen atoms in total. The lowest BCUT2D eigenvalue weighted by Gasteiger charge is -2.26. The first kappa shape index (κ1) is 16.0. The molecule has 8 heteroatoms. The standard InChI is InChI=1S/C16H24N6OS/c1-11-14(24-16(18-11)21-5-7-23-8-6-21)9-17-13-3-4-15-19-12(2)20-22(15)10-13/h13,17H,3-10H2,1-2H3/t13-/m1/s1. The summed E-state index contributed by atoms with van der Waals surface area (Å²) < 4.78 is 7.48. The second-order valence-electron chi connectivity index (χ2n) is 6.48. The summed E-state index contributed by atoms with van der Waals surface area (Å²) in [7, 11) is 0. The van der Waals surface area contributed by atoms with Crippen molar-refractivity contribution in [3.63, 3.8) is 0 Å². The highest BCUT2D eigenvalue weighted by molar-refractivity contribution is 7.15. The van der Waals surface area contributed by atoms with Crippen molar-refractivity contribution in [2.45, 2.75) is 45.8 Å². The third kappa shape index (κ3) is 3.31. The molecular weight excluding hydrogens is 324 g/mol. The number of aryl methyl sites for hydroxylation is 3.